The van der Waals surface area contributed by atoms with Crippen LogP contribution >= 0.6 is 15.9 Å². The Kier molecular flexibility index (Phi) is 7.11. The van der Waals surface area contributed by atoms with Crippen LogP contribution in [0.25, 0.3) is 0 Å². The van der Waals surface area contributed by atoms with Crippen molar-refractivity contribution in [1.29, 1.82) is 0 Å². The zero-order valence-corrected chi connectivity index (χ0v) is 15.5. The van der Waals surface area contributed by atoms with E-state index in [9.17, 15) is 4.79 Å². The minimum Gasteiger partial charge on any atom is -0.490 e. The van der Waals surface area contributed by atoms with Gasteiger partial charge in [-0.3, -0.25) is 9.48 Å². The molecule has 0 bridgehead atoms. The quantitative estimate of drug-likeness (QED) is 0.708. The molecule has 1 heterocycles. The Morgan fingerprint density at radius 2 is 2.00 bits per heavy atom. The van der Waals surface area contributed by atoms with E-state index in [0.29, 0.717) is 44.2 Å². The van der Waals surface area contributed by atoms with Gasteiger partial charge in [-0.25, -0.2) is 0 Å². The Labute approximate surface area is 150 Å². The maximum Gasteiger partial charge on any atom is 0.224 e. The molecule has 0 aliphatic rings. The number of rotatable bonds is 9. The summed E-state index contributed by atoms with van der Waals surface area (Å²) in [7, 11) is 0. The summed E-state index contributed by atoms with van der Waals surface area (Å²) in [6, 6.07) is 5.59. The van der Waals surface area contributed by atoms with Gasteiger partial charge in [0.25, 0.3) is 0 Å². The summed E-state index contributed by atoms with van der Waals surface area (Å²) in [5, 5.41) is 7.04. The van der Waals surface area contributed by atoms with Crippen molar-refractivity contribution >= 4 is 21.8 Å². The van der Waals surface area contributed by atoms with Gasteiger partial charge >= 0.3 is 0 Å². The molecular weight excluding hydrogens is 374 g/mol. The topological polar surface area (TPSA) is 65.4 Å². The Morgan fingerprint density at radius 3 is 2.67 bits per heavy atom. The van der Waals surface area contributed by atoms with Crippen molar-refractivity contribution in [1.82, 2.24) is 15.1 Å². The van der Waals surface area contributed by atoms with E-state index < -0.39 is 0 Å². The van der Waals surface area contributed by atoms with E-state index >= 15 is 0 Å². The summed E-state index contributed by atoms with van der Waals surface area (Å²) < 4.78 is 13.8. The third-order valence-electron chi connectivity index (χ3n) is 3.24. The predicted molar refractivity (Wildman–Crippen MR) is 95.4 cm³/mol. The van der Waals surface area contributed by atoms with Crippen LogP contribution in [0.3, 0.4) is 0 Å². The van der Waals surface area contributed by atoms with Gasteiger partial charge in [0.1, 0.15) is 0 Å². The number of nitrogens with zero attached hydrogens (tertiary/aromatic N) is 2. The minimum atomic E-state index is -0.0344. The number of benzene rings is 1. The Hall–Kier alpha value is -2.02. The molecule has 1 amide bonds. The lowest BCUT2D eigenvalue weighted by Gasteiger charge is -2.12. The first-order chi connectivity index (χ1) is 11.6. The molecule has 0 atom stereocenters. The van der Waals surface area contributed by atoms with Crippen LogP contribution < -0.4 is 14.8 Å². The smallest absolute Gasteiger partial charge is 0.224 e. The van der Waals surface area contributed by atoms with Crippen molar-refractivity contribution in [3.63, 3.8) is 0 Å². The van der Waals surface area contributed by atoms with Crippen molar-refractivity contribution in [2.24, 2.45) is 0 Å². The lowest BCUT2D eigenvalue weighted by molar-refractivity contribution is -0.120. The van der Waals surface area contributed by atoms with Crippen molar-refractivity contribution in [2.45, 2.75) is 26.8 Å². The number of hydrogen-bond donors (Lipinski definition) is 1. The first-order valence-corrected chi connectivity index (χ1v) is 8.74. The van der Waals surface area contributed by atoms with E-state index in [1.165, 1.54) is 0 Å². The van der Waals surface area contributed by atoms with Crippen LogP contribution in [0.2, 0.25) is 0 Å². The molecule has 0 spiro atoms. The Bertz CT molecular complexity index is 673. The van der Waals surface area contributed by atoms with Crippen LogP contribution in [-0.2, 0) is 17.8 Å². The largest absolute Gasteiger partial charge is 0.490 e. The molecular formula is C17H22BrN3O3. The molecule has 0 aliphatic carbocycles. The SMILES string of the molecule is CCOc1ccc(CC(=O)NCCn2cc(Br)cn2)cc1OCC. The molecule has 1 aromatic heterocycles. The standard InChI is InChI=1S/C17H22BrN3O3/c1-3-23-15-6-5-13(9-16(15)24-4-2)10-17(22)19-7-8-21-12-14(18)11-20-21/h5-6,9,11-12H,3-4,7-8,10H2,1-2H3,(H,19,22). The van der Waals surface area contributed by atoms with Crippen LogP contribution in [0.4, 0.5) is 0 Å². The molecule has 7 heteroatoms. The lowest BCUT2D eigenvalue weighted by atomic mass is 10.1. The van der Waals surface area contributed by atoms with Gasteiger partial charge in [-0.1, -0.05) is 6.07 Å². The average Bonchev–Trinajstić information content (AvgIpc) is 2.96. The van der Waals surface area contributed by atoms with Gasteiger partial charge in [0.2, 0.25) is 5.91 Å². The van der Waals surface area contributed by atoms with Gasteiger partial charge in [0.15, 0.2) is 11.5 Å². The van der Waals surface area contributed by atoms with E-state index in [4.69, 9.17) is 9.47 Å². The third-order valence-corrected chi connectivity index (χ3v) is 3.65. The molecule has 0 aliphatic heterocycles. The third kappa shape index (κ3) is 5.56. The summed E-state index contributed by atoms with van der Waals surface area (Å²) >= 11 is 3.34. The molecule has 2 rings (SSSR count). The van der Waals surface area contributed by atoms with Crippen LogP contribution in [0.1, 0.15) is 19.4 Å². The molecule has 0 radical (unpaired) electrons. The zero-order chi connectivity index (χ0) is 17.4. The molecule has 1 N–H and O–H groups in total. The van der Waals surface area contributed by atoms with Crippen molar-refractivity contribution in [3.05, 3.63) is 40.6 Å². The first kappa shape index (κ1) is 18.3. The fourth-order valence-corrected chi connectivity index (χ4v) is 2.55. The van der Waals surface area contributed by atoms with Gasteiger partial charge < -0.3 is 14.8 Å². The van der Waals surface area contributed by atoms with Crippen LogP contribution in [0, 0.1) is 0 Å². The van der Waals surface area contributed by atoms with Gasteiger partial charge in [-0.05, 0) is 47.5 Å². The van der Waals surface area contributed by atoms with Crippen molar-refractivity contribution < 1.29 is 14.3 Å². The van der Waals surface area contributed by atoms with E-state index in [0.717, 1.165) is 10.0 Å². The highest BCUT2D eigenvalue weighted by Gasteiger charge is 2.09. The second kappa shape index (κ2) is 9.32. The van der Waals surface area contributed by atoms with E-state index in [1.807, 2.05) is 38.2 Å². The minimum absolute atomic E-state index is 0.0344. The first-order valence-electron chi connectivity index (χ1n) is 7.95. The number of amides is 1. The molecule has 6 nitrogen and oxygen atoms in total. The number of hydrogen-bond acceptors (Lipinski definition) is 4. The van der Waals surface area contributed by atoms with Gasteiger partial charge in [0.05, 0.1) is 36.8 Å². The molecule has 0 saturated carbocycles. The summed E-state index contributed by atoms with van der Waals surface area (Å²) in [5.74, 6) is 1.34. The maximum absolute atomic E-state index is 12.1. The number of ether oxygens (including phenoxy) is 2. The Morgan fingerprint density at radius 1 is 1.25 bits per heavy atom. The molecule has 0 unspecified atom stereocenters. The number of halogens is 1. The average molecular weight is 396 g/mol. The number of nitrogens with one attached hydrogen (secondary N) is 1. The summed E-state index contributed by atoms with van der Waals surface area (Å²) in [4.78, 5) is 12.1. The van der Waals surface area contributed by atoms with Gasteiger partial charge in [-0.15, -0.1) is 0 Å². The Balaban J connectivity index is 1.87. The van der Waals surface area contributed by atoms with Crippen LogP contribution in [-0.4, -0.2) is 35.4 Å². The lowest BCUT2D eigenvalue weighted by Crippen LogP contribution is -2.28. The fraction of sp³-hybridized carbons (Fsp3) is 0.412. The number of carbonyl (C=O) groups excluding carboxylic acids is 1. The molecule has 130 valence electrons. The van der Waals surface area contributed by atoms with Crippen LogP contribution in [0.15, 0.2) is 35.1 Å². The number of carbonyl (C=O) groups is 1. The maximum atomic E-state index is 12.1. The van der Waals surface area contributed by atoms with Crippen LogP contribution in [0.5, 0.6) is 11.5 Å². The molecule has 2 aromatic rings. The summed E-state index contributed by atoms with van der Waals surface area (Å²) in [5.41, 5.74) is 0.890. The number of aromatic nitrogens is 2. The monoisotopic (exact) mass is 395 g/mol. The molecule has 0 saturated heterocycles. The second-order valence-corrected chi connectivity index (χ2v) is 6.01. The zero-order valence-electron chi connectivity index (χ0n) is 13.9. The van der Waals surface area contributed by atoms with E-state index in [2.05, 4.69) is 26.3 Å². The summed E-state index contributed by atoms with van der Waals surface area (Å²) in [6.07, 6.45) is 3.89. The van der Waals surface area contributed by atoms with E-state index in [-0.39, 0.29) is 5.91 Å². The van der Waals surface area contributed by atoms with Gasteiger partial charge in [0, 0.05) is 12.7 Å². The van der Waals surface area contributed by atoms with Crippen molar-refractivity contribution in [3.8, 4) is 11.5 Å². The predicted octanol–water partition coefficient (Wildman–Crippen LogP) is 2.80. The molecule has 0 fully saturated rings. The highest BCUT2D eigenvalue weighted by atomic mass is 79.9. The van der Waals surface area contributed by atoms with E-state index in [1.54, 1.807) is 10.9 Å². The molecule has 1 aromatic carbocycles. The normalized spacial score (nSPS) is 10.5. The highest BCUT2D eigenvalue weighted by molar-refractivity contribution is 9.10. The summed E-state index contributed by atoms with van der Waals surface area (Å²) in [6.45, 7) is 6.13. The highest BCUT2D eigenvalue weighted by Crippen LogP contribution is 2.28. The fourth-order valence-electron chi connectivity index (χ4n) is 2.22. The second-order valence-electron chi connectivity index (χ2n) is 5.10. The van der Waals surface area contributed by atoms with Gasteiger partial charge in [-0.2, -0.15) is 5.10 Å². The molecule has 24 heavy (non-hydrogen) atoms. The van der Waals surface area contributed by atoms with Crippen molar-refractivity contribution in [2.75, 3.05) is 19.8 Å².